The summed E-state index contributed by atoms with van der Waals surface area (Å²) in [6.45, 7) is 1.60. The molecule has 1 aliphatic rings. The zero-order valence-electron chi connectivity index (χ0n) is 20.0. The van der Waals surface area contributed by atoms with Gasteiger partial charge >= 0.3 is 12.4 Å². The molecule has 0 unspecified atom stereocenters. The number of rotatable bonds is 8. The second-order valence-electron chi connectivity index (χ2n) is 8.99. The maximum absolute atomic E-state index is 13.2. The van der Waals surface area contributed by atoms with Gasteiger partial charge < -0.3 is 10.1 Å². The van der Waals surface area contributed by atoms with E-state index in [1.54, 1.807) is 5.01 Å². The lowest BCUT2D eigenvalue weighted by atomic mass is 9.73. The monoisotopic (exact) mass is 531 g/mol. The molecule has 0 spiro atoms. The summed E-state index contributed by atoms with van der Waals surface area (Å²) in [7, 11) is 0. The minimum Gasteiger partial charge on any atom is -0.376 e. The van der Waals surface area contributed by atoms with Gasteiger partial charge in [0.2, 0.25) is 5.91 Å². The van der Waals surface area contributed by atoms with Crippen LogP contribution in [0.4, 0.5) is 26.3 Å². The number of hydrogen-bond acceptors (Lipinski definition) is 4. The maximum Gasteiger partial charge on any atom is 0.416 e. The van der Waals surface area contributed by atoms with Crippen LogP contribution in [0.15, 0.2) is 48.5 Å². The van der Waals surface area contributed by atoms with Gasteiger partial charge in [0.1, 0.15) is 0 Å². The number of hydrogen-bond donors (Lipinski definition) is 2. The number of ether oxygens (including phenoxy) is 1. The predicted octanol–water partition coefficient (Wildman–Crippen LogP) is 4.44. The topological polar surface area (TPSA) is 70.7 Å². The van der Waals surface area contributed by atoms with Crippen molar-refractivity contribution in [3.8, 4) is 0 Å². The number of hydrazine groups is 1. The first kappa shape index (κ1) is 28.5. The minimum atomic E-state index is -4.93. The fourth-order valence-electron chi connectivity index (χ4n) is 4.24. The Morgan fingerprint density at radius 3 is 2.03 bits per heavy atom. The van der Waals surface area contributed by atoms with Crippen LogP contribution >= 0.6 is 0 Å². The molecule has 2 amide bonds. The van der Waals surface area contributed by atoms with E-state index in [1.165, 1.54) is 6.92 Å². The zero-order valence-corrected chi connectivity index (χ0v) is 20.0. The molecule has 2 aromatic carbocycles. The summed E-state index contributed by atoms with van der Waals surface area (Å²) in [5.74, 6) is -0.721. The van der Waals surface area contributed by atoms with Gasteiger partial charge in [0, 0.05) is 25.4 Å². The third kappa shape index (κ3) is 7.93. The Kier molecular flexibility index (Phi) is 8.85. The summed E-state index contributed by atoms with van der Waals surface area (Å²) in [5, 5.41) is 4.11. The van der Waals surface area contributed by atoms with Crippen molar-refractivity contribution < 1.29 is 40.7 Å². The number of carbonyl (C=O) groups excluding carboxylic acids is 2. The zero-order chi connectivity index (χ0) is 27.3. The number of nitrogens with zero attached hydrogens (tertiary/aromatic N) is 1. The van der Waals surface area contributed by atoms with E-state index < -0.39 is 35.5 Å². The highest BCUT2D eigenvalue weighted by molar-refractivity contribution is 5.83. The molecule has 2 aromatic rings. The molecular weight excluding hydrogens is 504 g/mol. The number of nitrogens with one attached hydrogen (secondary N) is 2. The summed E-state index contributed by atoms with van der Waals surface area (Å²) >= 11 is 0. The second-order valence-corrected chi connectivity index (χ2v) is 8.99. The standard InChI is InChI=1S/C25H27F6N3O3/c1-17(35)32-14-22(36)33-34-9-7-23(8-10-34,19-5-3-2-4-6-19)16-37-15-18-11-20(24(26,27)28)13-21(12-18)25(29,30)31/h2-6,11-13H,7-10,14-16H2,1H3,(H,32,35)(H,33,36). The molecular formula is C25H27F6N3O3. The van der Waals surface area contributed by atoms with Crippen molar-refractivity contribution in [2.75, 3.05) is 26.2 Å². The van der Waals surface area contributed by atoms with Crippen molar-refractivity contribution in [1.82, 2.24) is 15.8 Å². The summed E-state index contributed by atoms with van der Waals surface area (Å²) in [6.07, 6.45) is -8.85. The lowest BCUT2D eigenvalue weighted by Crippen LogP contribution is -2.53. The molecule has 1 fully saturated rings. The average molecular weight is 531 g/mol. The van der Waals surface area contributed by atoms with Crippen molar-refractivity contribution in [3.05, 3.63) is 70.8 Å². The normalized spacial score (nSPS) is 16.3. The fourth-order valence-corrected chi connectivity index (χ4v) is 4.24. The van der Waals surface area contributed by atoms with Crippen molar-refractivity contribution in [1.29, 1.82) is 0 Å². The molecule has 0 radical (unpaired) electrons. The van der Waals surface area contributed by atoms with Gasteiger partial charge in [-0.25, -0.2) is 5.01 Å². The van der Waals surface area contributed by atoms with Crippen molar-refractivity contribution >= 4 is 11.8 Å². The minimum absolute atomic E-state index is 0.0578. The van der Waals surface area contributed by atoms with E-state index in [-0.39, 0.29) is 36.6 Å². The van der Waals surface area contributed by atoms with Crippen LogP contribution in [0.3, 0.4) is 0 Å². The molecule has 0 atom stereocenters. The third-order valence-electron chi connectivity index (χ3n) is 6.18. The van der Waals surface area contributed by atoms with Crippen LogP contribution < -0.4 is 10.7 Å². The summed E-state index contributed by atoms with van der Waals surface area (Å²) in [4.78, 5) is 23.0. The highest BCUT2D eigenvalue weighted by atomic mass is 19.4. The number of amides is 2. The molecule has 1 aliphatic heterocycles. The van der Waals surface area contributed by atoms with Crippen LogP contribution in [0, 0.1) is 0 Å². The molecule has 0 bridgehead atoms. The van der Waals surface area contributed by atoms with E-state index >= 15 is 0 Å². The molecule has 1 heterocycles. The van der Waals surface area contributed by atoms with Gasteiger partial charge in [0.25, 0.3) is 5.91 Å². The van der Waals surface area contributed by atoms with Gasteiger partial charge in [-0.05, 0) is 42.2 Å². The highest BCUT2D eigenvalue weighted by Gasteiger charge is 2.38. The van der Waals surface area contributed by atoms with Crippen LogP contribution in [0.2, 0.25) is 0 Å². The van der Waals surface area contributed by atoms with E-state index in [1.807, 2.05) is 30.3 Å². The van der Waals surface area contributed by atoms with Gasteiger partial charge in [-0.2, -0.15) is 26.3 Å². The molecule has 202 valence electrons. The van der Waals surface area contributed by atoms with E-state index in [2.05, 4.69) is 10.7 Å². The first-order valence-electron chi connectivity index (χ1n) is 11.5. The lowest BCUT2D eigenvalue weighted by molar-refractivity contribution is -0.143. The Morgan fingerprint density at radius 2 is 1.51 bits per heavy atom. The number of halogens is 6. The molecule has 12 heteroatoms. The Balaban J connectivity index is 1.71. The molecule has 1 saturated heterocycles. The largest absolute Gasteiger partial charge is 0.416 e. The Bertz CT molecular complexity index is 1050. The summed E-state index contributed by atoms with van der Waals surface area (Å²) in [6, 6.07) is 10.7. The van der Waals surface area contributed by atoms with Crippen LogP contribution in [0.5, 0.6) is 0 Å². The van der Waals surface area contributed by atoms with Crippen LogP contribution in [-0.4, -0.2) is 43.1 Å². The molecule has 6 nitrogen and oxygen atoms in total. The molecule has 0 aromatic heterocycles. The summed E-state index contributed by atoms with van der Waals surface area (Å²) < 4.78 is 84.8. The van der Waals surface area contributed by atoms with Gasteiger partial charge in [-0.1, -0.05) is 30.3 Å². The quantitative estimate of drug-likeness (QED) is 0.495. The molecule has 2 N–H and O–H groups in total. The van der Waals surface area contributed by atoms with Crippen LogP contribution in [0.25, 0.3) is 0 Å². The van der Waals surface area contributed by atoms with E-state index in [0.717, 1.165) is 5.56 Å². The Labute approximate surface area is 209 Å². The first-order chi connectivity index (χ1) is 17.3. The molecule has 37 heavy (non-hydrogen) atoms. The highest BCUT2D eigenvalue weighted by Crippen LogP contribution is 2.38. The van der Waals surface area contributed by atoms with Gasteiger partial charge in [-0.3, -0.25) is 15.0 Å². The van der Waals surface area contributed by atoms with Gasteiger partial charge in [0.05, 0.1) is 30.9 Å². The Hall–Kier alpha value is -3.12. The second kappa shape index (κ2) is 11.5. The molecule has 0 saturated carbocycles. The van der Waals surface area contributed by atoms with Crippen molar-refractivity contribution in [2.45, 2.75) is 44.1 Å². The van der Waals surface area contributed by atoms with E-state index in [0.29, 0.717) is 38.1 Å². The fraction of sp³-hybridized carbons (Fsp3) is 0.440. The van der Waals surface area contributed by atoms with Gasteiger partial charge in [0.15, 0.2) is 0 Å². The number of piperidine rings is 1. The molecule has 3 rings (SSSR count). The number of benzene rings is 2. The van der Waals surface area contributed by atoms with Crippen LogP contribution in [0.1, 0.15) is 42.0 Å². The van der Waals surface area contributed by atoms with Crippen LogP contribution in [-0.2, 0) is 38.7 Å². The maximum atomic E-state index is 13.2. The SMILES string of the molecule is CC(=O)NCC(=O)NN1CCC(COCc2cc(C(F)(F)F)cc(C(F)(F)F)c2)(c2ccccc2)CC1. The van der Waals surface area contributed by atoms with Crippen molar-refractivity contribution in [2.24, 2.45) is 0 Å². The predicted molar refractivity (Wildman–Crippen MR) is 122 cm³/mol. The smallest absolute Gasteiger partial charge is 0.376 e. The number of carbonyl (C=O) groups is 2. The average Bonchev–Trinajstić information content (AvgIpc) is 2.83. The first-order valence-corrected chi connectivity index (χ1v) is 11.5. The third-order valence-corrected chi connectivity index (χ3v) is 6.18. The number of alkyl halides is 6. The van der Waals surface area contributed by atoms with E-state index in [9.17, 15) is 35.9 Å². The lowest BCUT2D eigenvalue weighted by Gasteiger charge is -2.42. The van der Waals surface area contributed by atoms with Crippen molar-refractivity contribution in [3.63, 3.8) is 0 Å². The Morgan fingerprint density at radius 1 is 0.946 bits per heavy atom. The molecule has 0 aliphatic carbocycles. The summed E-state index contributed by atoms with van der Waals surface area (Å²) in [5.41, 5.74) is 0.0642. The van der Waals surface area contributed by atoms with Gasteiger partial charge in [-0.15, -0.1) is 0 Å². The van der Waals surface area contributed by atoms with E-state index in [4.69, 9.17) is 4.74 Å².